The van der Waals surface area contributed by atoms with Crippen LogP contribution in [0.1, 0.15) is 0 Å². The van der Waals surface area contributed by atoms with Crippen molar-refractivity contribution in [2.24, 2.45) is 32.4 Å². The molecule has 0 bridgehead atoms. The zero-order valence-corrected chi connectivity index (χ0v) is 6.12. The standard InChI is InChI=1S/C5H7N7/c6-11-9-4-2-1-3-5(8-4)10-12-7/h1-3H,(H4,6,7,8,9,10). The molecule has 62 valence electrons. The second-order valence-electron chi connectivity index (χ2n) is 1.78. The van der Waals surface area contributed by atoms with Gasteiger partial charge in [0.25, 0.3) is 0 Å². The van der Waals surface area contributed by atoms with Crippen LogP contribution < -0.4 is 11.7 Å². The Hall–Kier alpha value is -2.05. The average Bonchev–Trinajstić information content (AvgIpc) is 2.06. The van der Waals surface area contributed by atoms with E-state index in [9.17, 15) is 0 Å². The molecule has 7 heteroatoms. The average molecular weight is 165 g/mol. The fourth-order valence-electron chi connectivity index (χ4n) is 0.642. The molecule has 0 saturated heterocycles. The number of nitrogens with zero attached hydrogens (tertiary/aromatic N) is 5. The van der Waals surface area contributed by atoms with Crippen LogP contribution in [0.5, 0.6) is 0 Å². The Bertz CT molecular complexity index is 277. The molecule has 0 aromatic carbocycles. The van der Waals surface area contributed by atoms with E-state index in [2.05, 4.69) is 25.7 Å². The molecule has 0 aliphatic rings. The van der Waals surface area contributed by atoms with Gasteiger partial charge in [0.1, 0.15) is 0 Å². The second-order valence-corrected chi connectivity index (χ2v) is 1.78. The molecule has 7 nitrogen and oxygen atoms in total. The van der Waals surface area contributed by atoms with Crippen LogP contribution in [-0.2, 0) is 0 Å². The molecule has 0 unspecified atom stereocenters. The van der Waals surface area contributed by atoms with Crippen molar-refractivity contribution in [2.45, 2.75) is 0 Å². The molecule has 1 heterocycles. The van der Waals surface area contributed by atoms with Crippen molar-refractivity contribution in [1.29, 1.82) is 0 Å². The molecule has 0 spiro atoms. The van der Waals surface area contributed by atoms with E-state index < -0.39 is 0 Å². The minimum absolute atomic E-state index is 0.363. The zero-order chi connectivity index (χ0) is 8.81. The predicted octanol–water partition coefficient (Wildman–Crippen LogP) is 0.996. The summed E-state index contributed by atoms with van der Waals surface area (Å²) in [5, 5.41) is 13.1. The van der Waals surface area contributed by atoms with Crippen LogP contribution in [0.25, 0.3) is 0 Å². The summed E-state index contributed by atoms with van der Waals surface area (Å²) in [4.78, 5) is 3.87. The summed E-state index contributed by atoms with van der Waals surface area (Å²) in [5.74, 6) is 10.4. The van der Waals surface area contributed by atoms with E-state index in [1.807, 2.05) is 0 Å². The van der Waals surface area contributed by atoms with Crippen LogP contribution in [-0.4, -0.2) is 4.98 Å². The summed E-state index contributed by atoms with van der Waals surface area (Å²) in [6.07, 6.45) is 0. The van der Waals surface area contributed by atoms with Gasteiger partial charge < -0.3 is 11.7 Å². The Kier molecular flexibility index (Phi) is 2.66. The summed E-state index contributed by atoms with van der Waals surface area (Å²) in [5.41, 5.74) is 0. The Morgan fingerprint density at radius 1 is 1.00 bits per heavy atom. The predicted molar refractivity (Wildman–Crippen MR) is 41.6 cm³/mol. The fraction of sp³-hybridized carbons (Fsp3) is 0. The minimum atomic E-state index is 0.363. The van der Waals surface area contributed by atoms with E-state index in [1.165, 1.54) is 0 Å². The van der Waals surface area contributed by atoms with E-state index in [4.69, 9.17) is 11.7 Å². The van der Waals surface area contributed by atoms with Crippen molar-refractivity contribution in [2.75, 3.05) is 0 Å². The van der Waals surface area contributed by atoms with Crippen molar-refractivity contribution in [1.82, 2.24) is 4.98 Å². The normalized spacial score (nSPS) is 11.3. The Balaban J connectivity index is 2.95. The van der Waals surface area contributed by atoms with Gasteiger partial charge in [-0.15, -0.1) is 10.2 Å². The summed E-state index contributed by atoms with van der Waals surface area (Å²) < 4.78 is 0. The third-order valence-corrected chi connectivity index (χ3v) is 1.04. The highest BCUT2D eigenvalue weighted by molar-refractivity contribution is 5.36. The zero-order valence-electron chi connectivity index (χ0n) is 6.12. The second kappa shape index (κ2) is 3.96. The van der Waals surface area contributed by atoms with Crippen molar-refractivity contribution in [3.63, 3.8) is 0 Å². The largest absolute Gasteiger partial charge is 0.305 e. The van der Waals surface area contributed by atoms with Crippen molar-refractivity contribution in [3.8, 4) is 0 Å². The van der Waals surface area contributed by atoms with Gasteiger partial charge in [0.05, 0.1) is 0 Å². The maximum atomic E-state index is 4.82. The maximum absolute atomic E-state index is 4.82. The van der Waals surface area contributed by atoms with Crippen LogP contribution >= 0.6 is 0 Å². The Morgan fingerprint density at radius 3 is 1.92 bits per heavy atom. The van der Waals surface area contributed by atoms with Gasteiger partial charge in [-0.3, -0.25) is 0 Å². The SMILES string of the molecule is NN=Nc1cccc(N=NN)n1. The molecule has 0 aliphatic carbocycles. The van der Waals surface area contributed by atoms with Gasteiger partial charge in [0.15, 0.2) is 11.6 Å². The molecule has 0 fully saturated rings. The number of nitrogens with two attached hydrogens (primary N) is 2. The number of pyridine rings is 1. The number of hydrogen-bond acceptors (Lipinski definition) is 5. The molecule has 1 aromatic heterocycles. The molecular weight excluding hydrogens is 158 g/mol. The Labute approximate surface area is 68.2 Å². The van der Waals surface area contributed by atoms with Crippen molar-refractivity contribution >= 4 is 11.6 Å². The van der Waals surface area contributed by atoms with Gasteiger partial charge in [0.2, 0.25) is 0 Å². The van der Waals surface area contributed by atoms with Crippen molar-refractivity contribution < 1.29 is 0 Å². The highest BCUT2D eigenvalue weighted by Gasteiger charge is 1.93. The van der Waals surface area contributed by atoms with E-state index in [0.29, 0.717) is 11.6 Å². The molecule has 4 N–H and O–H groups in total. The maximum Gasteiger partial charge on any atom is 0.178 e. The number of rotatable bonds is 2. The molecule has 0 saturated carbocycles. The molecule has 0 atom stereocenters. The lowest BCUT2D eigenvalue weighted by molar-refractivity contribution is 1.00. The highest BCUT2D eigenvalue weighted by Crippen LogP contribution is 2.14. The lowest BCUT2D eigenvalue weighted by Gasteiger charge is -1.90. The minimum Gasteiger partial charge on any atom is -0.305 e. The summed E-state index contributed by atoms with van der Waals surface area (Å²) in [7, 11) is 0. The first kappa shape index (κ1) is 8.05. The summed E-state index contributed by atoms with van der Waals surface area (Å²) >= 11 is 0. The van der Waals surface area contributed by atoms with Crippen LogP contribution in [0.4, 0.5) is 11.6 Å². The molecule has 0 radical (unpaired) electrons. The highest BCUT2D eigenvalue weighted by atomic mass is 15.3. The molecular formula is C5H7N7. The first-order chi connectivity index (χ1) is 5.86. The number of hydrogen-bond donors (Lipinski definition) is 2. The van der Waals surface area contributed by atoms with Crippen LogP contribution in [0.3, 0.4) is 0 Å². The van der Waals surface area contributed by atoms with Crippen LogP contribution in [0, 0.1) is 0 Å². The third-order valence-electron chi connectivity index (χ3n) is 1.04. The molecule has 1 rings (SSSR count). The lowest BCUT2D eigenvalue weighted by Crippen LogP contribution is -1.79. The molecule has 0 amide bonds. The van der Waals surface area contributed by atoms with Crippen LogP contribution in [0.2, 0.25) is 0 Å². The van der Waals surface area contributed by atoms with Gasteiger partial charge in [0, 0.05) is 0 Å². The number of aromatic nitrogens is 1. The first-order valence-corrected chi connectivity index (χ1v) is 3.05. The van der Waals surface area contributed by atoms with Gasteiger partial charge >= 0.3 is 0 Å². The fourth-order valence-corrected chi connectivity index (χ4v) is 0.642. The topological polar surface area (TPSA) is 114 Å². The summed E-state index contributed by atoms with van der Waals surface area (Å²) in [6, 6.07) is 4.96. The van der Waals surface area contributed by atoms with Gasteiger partial charge in [-0.05, 0) is 12.1 Å². The third kappa shape index (κ3) is 1.97. The van der Waals surface area contributed by atoms with Gasteiger partial charge in [-0.25, -0.2) is 4.98 Å². The first-order valence-electron chi connectivity index (χ1n) is 3.05. The molecule has 0 aliphatic heterocycles. The van der Waals surface area contributed by atoms with Crippen LogP contribution in [0.15, 0.2) is 38.9 Å². The lowest BCUT2D eigenvalue weighted by atomic mass is 10.4. The van der Waals surface area contributed by atoms with E-state index in [0.717, 1.165) is 0 Å². The van der Waals surface area contributed by atoms with Crippen molar-refractivity contribution in [3.05, 3.63) is 18.2 Å². The molecule has 1 aromatic rings. The Morgan fingerprint density at radius 2 is 1.50 bits per heavy atom. The van der Waals surface area contributed by atoms with Gasteiger partial charge in [-0.2, -0.15) is 0 Å². The molecule has 12 heavy (non-hydrogen) atoms. The van der Waals surface area contributed by atoms with E-state index in [-0.39, 0.29) is 0 Å². The smallest absolute Gasteiger partial charge is 0.178 e. The quantitative estimate of drug-likeness (QED) is 0.386. The van der Waals surface area contributed by atoms with E-state index in [1.54, 1.807) is 18.2 Å². The van der Waals surface area contributed by atoms with E-state index >= 15 is 0 Å². The summed E-state index contributed by atoms with van der Waals surface area (Å²) in [6.45, 7) is 0. The monoisotopic (exact) mass is 165 g/mol. The van der Waals surface area contributed by atoms with Gasteiger partial charge in [-0.1, -0.05) is 16.5 Å².